The molecule has 0 spiro atoms. The summed E-state index contributed by atoms with van der Waals surface area (Å²) >= 11 is 0. The molecule has 3 N–H and O–H groups in total. The van der Waals surface area contributed by atoms with Crippen LogP contribution in [0.2, 0.25) is 0 Å². The van der Waals surface area contributed by atoms with Gasteiger partial charge in [0.1, 0.15) is 5.75 Å². The normalized spacial score (nSPS) is 17.2. The molecule has 0 unspecified atom stereocenters. The molecule has 4 nitrogen and oxygen atoms in total. The smallest absolute Gasteiger partial charge is 0.222 e. The Morgan fingerprint density at radius 2 is 2.10 bits per heavy atom. The minimum Gasteiger partial charge on any atom is -0.494 e. The molecular formula is C17H26N2O2. The van der Waals surface area contributed by atoms with Gasteiger partial charge in [0.25, 0.3) is 0 Å². The summed E-state index contributed by atoms with van der Waals surface area (Å²) in [4.78, 5) is 12.1. The van der Waals surface area contributed by atoms with Crippen molar-refractivity contribution in [2.45, 2.75) is 57.5 Å². The Morgan fingerprint density at radius 1 is 1.33 bits per heavy atom. The molecule has 1 fully saturated rings. The molecule has 1 saturated carbocycles. The minimum absolute atomic E-state index is 0.0428. The van der Waals surface area contributed by atoms with Gasteiger partial charge in [0.2, 0.25) is 5.91 Å². The Morgan fingerprint density at radius 3 is 2.81 bits per heavy atom. The number of nitrogens with two attached hydrogens (primary N) is 1. The van der Waals surface area contributed by atoms with Crippen LogP contribution >= 0.6 is 0 Å². The van der Waals surface area contributed by atoms with Crippen LogP contribution in [0.15, 0.2) is 24.3 Å². The number of hydrogen-bond acceptors (Lipinski definition) is 3. The molecule has 21 heavy (non-hydrogen) atoms. The summed E-state index contributed by atoms with van der Waals surface area (Å²) in [6.45, 7) is 3.13. The maximum Gasteiger partial charge on any atom is 0.222 e. The predicted octanol–water partition coefficient (Wildman–Crippen LogP) is 2.75. The van der Waals surface area contributed by atoms with Gasteiger partial charge in [0.15, 0.2) is 0 Å². The van der Waals surface area contributed by atoms with E-state index in [-0.39, 0.29) is 11.4 Å². The largest absolute Gasteiger partial charge is 0.494 e. The van der Waals surface area contributed by atoms with Crippen LogP contribution in [0.4, 0.5) is 0 Å². The number of amides is 1. The predicted molar refractivity (Wildman–Crippen MR) is 84.1 cm³/mol. The first-order chi connectivity index (χ1) is 10.1. The third-order valence-corrected chi connectivity index (χ3v) is 4.06. The molecule has 1 aliphatic rings. The number of nitrogens with one attached hydrogen (secondary N) is 1. The molecule has 1 amide bonds. The quantitative estimate of drug-likeness (QED) is 0.846. The van der Waals surface area contributed by atoms with E-state index >= 15 is 0 Å². The third-order valence-electron chi connectivity index (χ3n) is 4.06. The van der Waals surface area contributed by atoms with Crippen molar-refractivity contribution in [1.29, 1.82) is 0 Å². The van der Waals surface area contributed by atoms with Gasteiger partial charge in [-0.1, -0.05) is 31.4 Å². The summed E-state index contributed by atoms with van der Waals surface area (Å²) in [5.41, 5.74) is 7.06. The van der Waals surface area contributed by atoms with Crippen molar-refractivity contribution in [1.82, 2.24) is 5.32 Å². The van der Waals surface area contributed by atoms with E-state index in [0.29, 0.717) is 19.6 Å². The maximum atomic E-state index is 12.1. The highest BCUT2D eigenvalue weighted by molar-refractivity contribution is 5.77. The second-order valence-electron chi connectivity index (χ2n) is 5.96. The lowest BCUT2D eigenvalue weighted by atomic mass is 9.80. The number of rotatable bonds is 6. The monoisotopic (exact) mass is 290 g/mol. The Labute approximate surface area is 127 Å². The van der Waals surface area contributed by atoms with Crippen molar-refractivity contribution < 1.29 is 9.53 Å². The Bertz CT molecular complexity index is 468. The van der Waals surface area contributed by atoms with Crippen LogP contribution in [0.25, 0.3) is 0 Å². The standard InChI is InChI=1S/C17H26N2O2/c1-2-21-15-8-6-7-14(11-15)13-19-16(20)12-17(18)9-4-3-5-10-17/h6-8,11H,2-5,9-10,12-13,18H2,1H3,(H,19,20). The third kappa shape index (κ3) is 5.05. The molecule has 2 rings (SSSR count). The van der Waals surface area contributed by atoms with E-state index in [9.17, 15) is 4.79 Å². The molecule has 0 aromatic heterocycles. The first kappa shape index (κ1) is 15.8. The zero-order chi connectivity index (χ0) is 15.1. The average molecular weight is 290 g/mol. The van der Waals surface area contributed by atoms with Crippen LogP contribution in [0.1, 0.15) is 51.0 Å². The van der Waals surface area contributed by atoms with Crippen LogP contribution in [0.5, 0.6) is 5.75 Å². The number of benzene rings is 1. The second kappa shape index (κ2) is 7.46. The summed E-state index contributed by atoms with van der Waals surface area (Å²) < 4.78 is 5.46. The van der Waals surface area contributed by atoms with Gasteiger partial charge in [-0.2, -0.15) is 0 Å². The molecule has 0 bridgehead atoms. The fraction of sp³-hybridized carbons (Fsp3) is 0.588. The zero-order valence-corrected chi connectivity index (χ0v) is 12.9. The molecule has 0 atom stereocenters. The average Bonchev–Trinajstić information content (AvgIpc) is 2.46. The van der Waals surface area contributed by atoms with E-state index in [2.05, 4.69) is 5.32 Å². The van der Waals surface area contributed by atoms with Crippen LogP contribution in [-0.2, 0) is 11.3 Å². The molecule has 0 aliphatic heterocycles. The highest BCUT2D eigenvalue weighted by Gasteiger charge is 2.29. The summed E-state index contributed by atoms with van der Waals surface area (Å²) in [7, 11) is 0. The van der Waals surface area contributed by atoms with E-state index < -0.39 is 0 Å². The van der Waals surface area contributed by atoms with E-state index in [1.165, 1.54) is 6.42 Å². The lowest BCUT2D eigenvalue weighted by Gasteiger charge is -2.32. The number of carbonyl (C=O) groups excluding carboxylic acids is 1. The van der Waals surface area contributed by atoms with Gasteiger partial charge < -0.3 is 15.8 Å². The number of hydrogen-bond donors (Lipinski definition) is 2. The molecule has 1 aromatic rings. The number of ether oxygens (including phenoxy) is 1. The summed E-state index contributed by atoms with van der Waals surface area (Å²) in [5, 5.41) is 2.97. The van der Waals surface area contributed by atoms with Crippen LogP contribution in [0, 0.1) is 0 Å². The fourth-order valence-electron chi connectivity index (χ4n) is 2.93. The van der Waals surface area contributed by atoms with E-state index in [4.69, 9.17) is 10.5 Å². The highest BCUT2D eigenvalue weighted by Crippen LogP contribution is 2.28. The highest BCUT2D eigenvalue weighted by atomic mass is 16.5. The van der Waals surface area contributed by atoms with Crippen LogP contribution < -0.4 is 15.8 Å². The van der Waals surface area contributed by atoms with Crippen molar-refractivity contribution in [3.63, 3.8) is 0 Å². The van der Waals surface area contributed by atoms with Gasteiger partial charge in [-0.05, 0) is 37.5 Å². The van der Waals surface area contributed by atoms with Gasteiger partial charge in [0.05, 0.1) is 6.61 Å². The summed E-state index contributed by atoms with van der Waals surface area (Å²) in [6, 6.07) is 7.81. The fourth-order valence-corrected chi connectivity index (χ4v) is 2.93. The van der Waals surface area contributed by atoms with Gasteiger partial charge in [-0.3, -0.25) is 4.79 Å². The van der Waals surface area contributed by atoms with E-state index in [0.717, 1.165) is 37.0 Å². The van der Waals surface area contributed by atoms with Crippen molar-refractivity contribution in [3.8, 4) is 5.75 Å². The Hall–Kier alpha value is -1.55. The zero-order valence-electron chi connectivity index (χ0n) is 12.9. The van der Waals surface area contributed by atoms with Crippen molar-refractivity contribution in [2.75, 3.05) is 6.61 Å². The molecular weight excluding hydrogens is 264 g/mol. The molecule has 0 radical (unpaired) electrons. The maximum absolute atomic E-state index is 12.1. The summed E-state index contributed by atoms with van der Waals surface area (Å²) in [6.07, 6.45) is 5.86. The van der Waals surface area contributed by atoms with Gasteiger partial charge >= 0.3 is 0 Å². The first-order valence-electron chi connectivity index (χ1n) is 7.89. The molecule has 1 aliphatic carbocycles. The molecule has 116 valence electrons. The number of carbonyl (C=O) groups is 1. The van der Waals surface area contributed by atoms with Crippen molar-refractivity contribution >= 4 is 5.91 Å². The first-order valence-corrected chi connectivity index (χ1v) is 7.89. The van der Waals surface area contributed by atoms with Crippen LogP contribution in [-0.4, -0.2) is 18.1 Å². The van der Waals surface area contributed by atoms with E-state index in [1.54, 1.807) is 0 Å². The Kier molecular flexibility index (Phi) is 5.62. The second-order valence-corrected chi connectivity index (χ2v) is 5.96. The molecule has 1 aromatic carbocycles. The molecule has 0 saturated heterocycles. The molecule has 4 heteroatoms. The van der Waals surface area contributed by atoms with Gasteiger partial charge in [0, 0.05) is 18.5 Å². The molecule has 0 heterocycles. The lowest BCUT2D eigenvalue weighted by Crippen LogP contribution is -2.45. The van der Waals surface area contributed by atoms with Crippen molar-refractivity contribution in [3.05, 3.63) is 29.8 Å². The van der Waals surface area contributed by atoms with Crippen LogP contribution in [0.3, 0.4) is 0 Å². The van der Waals surface area contributed by atoms with Gasteiger partial charge in [-0.15, -0.1) is 0 Å². The SMILES string of the molecule is CCOc1cccc(CNC(=O)CC2(N)CCCCC2)c1. The van der Waals surface area contributed by atoms with Gasteiger partial charge in [-0.25, -0.2) is 0 Å². The Balaban J connectivity index is 1.82. The lowest BCUT2D eigenvalue weighted by molar-refractivity contribution is -0.122. The minimum atomic E-state index is -0.296. The summed E-state index contributed by atoms with van der Waals surface area (Å²) in [5.74, 6) is 0.882. The topological polar surface area (TPSA) is 64.3 Å². The van der Waals surface area contributed by atoms with Crippen molar-refractivity contribution in [2.24, 2.45) is 5.73 Å². The van der Waals surface area contributed by atoms with E-state index in [1.807, 2.05) is 31.2 Å².